The van der Waals surface area contributed by atoms with Crippen LogP contribution in [-0.4, -0.2) is 21.2 Å². The van der Waals surface area contributed by atoms with Gasteiger partial charge in [0.2, 0.25) is 5.91 Å². The molecule has 0 aliphatic rings. The van der Waals surface area contributed by atoms with Crippen molar-refractivity contribution < 1.29 is 4.79 Å². The Balaban J connectivity index is 1.64. The number of nitrogens with one attached hydrogen (secondary N) is 1. The number of nitrogens with zero attached hydrogens (tertiary/aromatic N) is 2. The summed E-state index contributed by atoms with van der Waals surface area (Å²) in [6.07, 6.45) is 0.348. The van der Waals surface area contributed by atoms with Crippen LogP contribution in [0.1, 0.15) is 17.5 Å². The highest BCUT2D eigenvalue weighted by molar-refractivity contribution is 7.99. The summed E-state index contributed by atoms with van der Waals surface area (Å²) in [6.45, 7) is 4.01. The minimum atomic E-state index is -0.0715. The van der Waals surface area contributed by atoms with E-state index in [1.807, 2.05) is 44.2 Å². The number of thioether (sulfide) groups is 1. The molecule has 0 radical (unpaired) electrons. The molecule has 0 aliphatic carbocycles. The van der Waals surface area contributed by atoms with Crippen LogP contribution in [0.3, 0.4) is 0 Å². The first-order valence-electron chi connectivity index (χ1n) is 8.41. The number of rotatable bonds is 5. The number of hydrogen-bond donors (Lipinski definition) is 1. The number of carbonyl (C=O) groups is 1. The lowest BCUT2D eigenvalue weighted by molar-refractivity contribution is -0.115. The summed E-state index contributed by atoms with van der Waals surface area (Å²) in [5.41, 5.74) is 3.65. The molecule has 0 saturated heterocycles. The van der Waals surface area contributed by atoms with Gasteiger partial charge in [0.15, 0.2) is 5.16 Å². The number of fused-ring (bicyclic) bond motifs is 1. The van der Waals surface area contributed by atoms with Gasteiger partial charge in [-0.25, -0.2) is 4.98 Å². The summed E-state index contributed by atoms with van der Waals surface area (Å²) in [5.74, 6) is 0.503. The van der Waals surface area contributed by atoms with E-state index in [-0.39, 0.29) is 11.5 Å². The number of para-hydroxylation sites is 1. The van der Waals surface area contributed by atoms with Crippen molar-refractivity contribution >= 4 is 34.3 Å². The number of benzene rings is 2. The number of hydrogen-bond acceptors (Lipinski definition) is 4. The van der Waals surface area contributed by atoms with Gasteiger partial charge in [0, 0.05) is 24.9 Å². The average molecular weight is 367 g/mol. The van der Waals surface area contributed by atoms with Crippen LogP contribution < -0.4 is 10.9 Å². The van der Waals surface area contributed by atoms with E-state index in [1.165, 1.54) is 16.3 Å². The second-order valence-electron chi connectivity index (χ2n) is 6.30. The fourth-order valence-electron chi connectivity index (χ4n) is 2.83. The molecule has 26 heavy (non-hydrogen) atoms. The van der Waals surface area contributed by atoms with Crippen LogP contribution in [0.5, 0.6) is 0 Å². The first-order valence-corrected chi connectivity index (χ1v) is 9.39. The first-order chi connectivity index (χ1) is 12.4. The molecule has 1 amide bonds. The molecule has 3 rings (SSSR count). The highest BCUT2D eigenvalue weighted by Gasteiger charge is 2.10. The van der Waals surface area contributed by atoms with Gasteiger partial charge in [-0.2, -0.15) is 0 Å². The maximum Gasteiger partial charge on any atom is 0.261 e. The Bertz CT molecular complexity index is 1010. The zero-order chi connectivity index (χ0) is 18.7. The van der Waals surface area contributed by atoms with Gasteiger partial charge in [-0.3, -0.25) is 14.2 Å². The molecule has 0 bridgehead atoms. The van der Waals surface area contributed by atoms with Crippen LogP contribution in [0.4, 0.5) is 5.69 Å². The van der Waals surface area contributed by atoms with Crippen LogP contribution in [0.15, 0.2) is 52.4 Å². The summed E-state index contributed by atoms with van der Waals surface area (Å²) < 4.78 is 1.54. The first kappa shape index (κ1) is 18.2. The monoisotopic (exact) mass is 367 g/mol. The second kappa shape index (κ2) is 7.74. The smallest absolute Gasteiger partial charge is 0.261 e. The average Bonchev–Trinajstić information content (AvgIpc) is 2.58. The number of aryl methyl sites for hydroxylation is 2. The molecule has 2 aromatic carbocycles. The third-order valence-electron chi connectivity index (χ3n) is 4.01. The normalized spacial score (nSPS) is 10.9. The largest absolute Gasteiger partial charge is 0.326 e. The summed E-state index contributed by atoms with van der Waals surface area (Å²) in [6, 6.07) is 13.3. The Labute approximate surface area is 156 Å². The van der Waals surface area contributed by atoms with Gasteiger partial charge in [0.25, 0.3) is 5.56 Å². The molecule has 5 nitrogen and oxygen atoms in total. The Morgan fingerprint density at radius 2 is 1.85 bits per heavy atom. The van der Waals surface area contributed by atoms with Crippen LogP contribution >= 0.6 is 11.8 Å². The number of amides is 1. The van der Waals surface area contributed by atoms with Crippen molar-refractivity contribution in [2.24, 2.45) is 7.05 Å². The van der Waals surface area contributed by atoms with Crippen molar-refractivity contribution in [3.63, 3.8) is 0 Å². The van der Waals surface area contributed by atoms with Crippen molar-refractivity contribution in [3.05, 3.63) is 63.9 Å². The summed E-state index contributed by atoms with van der Waals surface area (Å²) >= 11 is 1.41. The Morgan fingerprint density at radius 3 is 2.58 bits per heavy atom. The van der Waals surface area contributed by atoms with E-state index in [9.17, 15) is 9.59 Å². The number of anilines is 1. The van der Waals surface area contributed by atoms with E-state index >= 15 is 0 Å². The van der Waals surface area contributed by atoms with Gasteiger partial charge in [-0.15, -0.1) is 0 Å². The lowest BCUT2D eigenvalue weighted by Crippen LogP contribution is -2.20. The summed E-state index contributed by atoms with van der Waals surface area (Å²) in [5, 5.41) is 4.15. The standard InChI is InChI=1S/C20H21N3O2S/c1-13-10-14(2)12-15(11-13)21-18(24)8-9-26-20-22-17-7-5-4-6-16(17)19(25)23(20)3/h4-7,10-12H,8-9H2,1-3H3,(H,21,24). The third kappa shape index (κ3) is 4.14. The van der Waals surface area contributed by atoms with Gasteiger partial charge in [0.05, 0.1) is 10.9 Å². The van der Waals surface area contributed by atoms with Crippen LogP contribution in [0.25, 0.3) is 10.9 Å². The van der Waals surface area contributed by atoms with Crippen LogP contribution in [0.2, 0.25) is 0 Å². The van der Waals surface area contributed by atoms with Gasteiger partial charge < -0.3 is 5.32 Å². The fraction of sp³-hybridized carbons (Fsp3) is 0.250. The molecule has 6 heteroatoms. The minimum Gasteiger partial charge on any atom is -0.326 e. The molecule has 0 atom stereocenters. The molecule has 134 valence electrons. The van der Waals surface area contributed by atoms with E-state index in [4.69, 9.17) is 0 Å². The molecule has 0 spiro atoms. The van der Waals surface area contributed by atoms with Gasteiger partial charge >= 0.3 is 0 Å². The predicted molar refractivity (Wildman–Crippen MR) is 107 cm³/mol. The van der Waals surface area contributed by atoms with E-state index in [1.54, 1.807) is 13.1 Å². The lowest BCUT2D eigenvalue weighted by atomic mass is 10.1. The summed E-state index contributed by atoms with van der Waals surface area (Å²) in [7, 11) is 1.71. The zero-order valence-corrected chi connectivity index (χ0v) is 15.9. The molecule has 0 fully saturated rings. The predicted octanol–water partition coefficient (Wildman–Crippen LogP) is 3.67. The van der Waals surface area contributed by atoms with E-state index in [2.05, 4.69) is 16.4 Å². The lowest BCUT2D eigenvalue weighted by Gasteiger charge is -2.09. The molecule has 1 N–H and O–H groups in total. The molecular formula is C20H21N3O2S. The van der Waals surface area contributed by atoms with Crippen molar-refractivity contribution in [2.75, 3.05) is 11.1 Å². The second-order valence-corrected chi connectivity index (χ2v) is 7.36. The fourth-order valence-corrected chi connectivity index (χ4v) is 3.74. The summed E-state index contributed by atoms with van der Waals surface area (Å²) in [4.78, 5) is 29.1. The Morgan fingerprint density at radius 1 is 1.15 bits per heavy atom. The third-order valence-corrected chi connectivity index (χ3v) is 5.04. The maximum atomic E-state index is 12.4. The van der Waals surface area contributed by atoms with Crippen molar-refractivity contribution in [2.45, 2.75) is 25.4 Å². The molecular weight excluding hydrogens is 346 g/mol. The van der Waals surface area contributed by atoms with Crippen LogP contribution in [0, 0.1) is 13.8 Å². The molecule has 3 aromatic rings. The van der Waals surface area contributed by atoms with E-state index < -0.39 is 0 Å². The van der Waals surface area contributed by atoms with Crippen molar-refractivity contribution in [3.8, 4) is 0 Å². The topological polar surface area (TPSA) is 64.0 Å². The molecule has 0 saturated carbocycles. The highest BCUT2D eigenvalue weighted by atomic mass is 32.2. The Hall–Kier alpha value is -2.60. The van der Waals surface area contributed by atoms with Gasteiger partial charge in [-0.1, -0.05) is 30.0 Å². The minimum absolute atomic E-state index is 0.0479. The van der Waals surface area contributed by atoms with Gasteiger partial charge in [0.1, 0.15) is 0 Å². The molecule has 1 heterocycles. The van der Waals surface area contributed by atoms with E-state index in [0.29, 0.717) is 28.2 Å². The van der Waals surface area contributed by atoms with E-state index in [0.717, 1.165) is 16.8 Å². The highest BCUT2D eigenvalue weighted by Crippen LogP contribution is 2.18. The number of aromatic nitrogens is 2. The zero-order valence-electron chi connectivity index (χ0n) is 15.1. The van der Waals surface area contributed by atoms with Crippen LogP contribution in [-0.2, 0) is 11.8 Å². The molecule has 0 aliphatic heterocycles. The SMILES string of the molecule is Cc1cc(C)cc(NC(=O)CCSc2nc3ccccc3c(=O)n2C)c1. The van der Waals surface area contributed by atoms with Gasteiger partial charge in [-0.05, 0) is 49.2 Å². The quantitative estimate of drug-likeness (QED) is 0.552. The van der Waals surface area contributed by atoms with Crippen molar-refractivity contribution in [1.29, 1.82) is 0 Å². The number of carbonyl (C=O) groups excluding carboxylic acids is 1. The molecule has 1 aromatic heterocycles. The maximum absolute atomic E-state index is 12.4. The van der Waals surface area contributed by atoms with Crippen molar-refractivity contribution in [1.82, 2.24) is 9.55 Å². The molecule has 0 unspecified atom stereocenters. The Kier molecular flexibility index (Phi) is 5.42.